The zero-order chi connectivity index (χ0) is 20.8. The van der Waals surface area contributed by atoms with Crippen molar-refractivity contribution in [2.45, 2.75) is 31.5 Å². The van der Waals surface area contributed by atoms with Gasteiger partial charge < -0.3 is 5.32 Å². The molecule has 1 aliphatic heterocycles. The number of anilines is 1. The van der Waals surface area contributed by atoms with Crippen molar-refractivity contribution in [1.29, 1.82) is 0 Å². The van der Waals surface area contributed by atoms with Gasteiger partial charge in [-0.05, 0) is 55.3 Å². The van der Waals surface area contributed by atoms with E-state index in [1.54, 1.807) is 16.4 Å². The Hall–Kier alpha value is -2.74. The number of alkyl halides is 3. The summed E-state index contributed by atoms with van der Waals surface area (Å²) in [6, 6.07) is 10.4. The Kier molecular flexibility index (Phi) is 4.90. The molecule has 0 saturated carbocycles. The predicted molar refractivity (Wildman–Crippen MR) is 107 cm³/mol. The molecule has 0 saturated heterocycles. The number of rotatable bonds is 3. The Bertz CT molecular complexity index is 1080. The third-order valence-electron chi connectivity index (χ3n) is 4.69. The standard InChI is InChI=1S/C21H18F3N3OS/c1-12-6-13(2)8-16(7-12)27-19(17-10-29-11-18(17)26-27)25-20(28)14-4-3-5-15(9-14)21(22,23)24/h3-9H,10-11H2,1-2H3,(H,25,28). The summed E-state index contributed by atoms with van der Waals surface area (Å²) in [6.07, 6.45) is -4.50. The molecule has 4 nitrogen and oxygen atoms in total. The molecule has 1 aromatic heterocycles. The number of hydrogen-bond acceptors (Lipinski definition) is 3. The second-order valence-electron chi connectivity index (χ2n) is 7.06. The van der Waals surface area contributed by atoms with Crippen molar-refractivity contribution >= 4 is 23.5 Å². The van der Waals surface area contributed by atoms with E-state index in [9.17, 15) is 18.0 Å². The summed E-state index contributed by atoms with van der Waals surface area (Å²) in [4.78, 5) is 12.8. The lowest BCUT2D eigenvalue weighted by Gasteiger charge is -2.13. The first-order valence-electron chi connectivity index (χ1n) is 8.98. The van der Waals surface area contributed by atoms with Crippen molar-refractivity contribution in [2.75, 3.05) is 5.32 Å². The topological polar surface area (TPSA) is 46.9 Å². The Morgan fingerprint density at radius 3 is 2.52 bits per heavy atom. The highest BCUT2D eigenvalue weighted by atomic mass is 32.2. The molecule has 150 valence electrons. The first-order chi connectivity index (χ1) is 13.7. The van der Waals surface area contributed by atoms with E-state index < -0.39 is 17.6 Å². The normalized spacial score (nSPS) is 13.4. The summed E-state index contributed by atoms with van der Waals surface area (Å²) in [5, 5.41) is 7.45. The minimum atomic E-state index is -4.50. The number of nitrogens with zero attached hydrogens (tertiary/aromatic N) is 2. The van der Waals surface area contributed by atoms with Crippen molar-refractivity contribution in [2.24, 2.45) is 0 Å². The SMILES string of the molecule is Cc1cc(C)cc(-n2nc3c(c2NC(=O)c2cccc(C(F)(F)F)c2)CSC3)c1. The molecule has 4 rings (SSSR count). The summed E-state index contributed by atoms with van der Waals surface area (Å²) in [6.45, 7) is 3.95. The second-order valence-corrected chi connectivity index (χ2v) is 8.04. The van der Waals surface area contributed by atoms with Gasteiger partial charge in [-0.25, -0.2) is 4.68 Å². The number of fused-ring (bicyclic) bond motifs is 1. The molecular weight excluding hydrogens is 399 g/mol. The fraction of sp³-hybridized carbons (Fsp3) is 0.238. The Morgan fingerprint density at radius 1 is 1.10 bits per heavy atom. The molecule has 1 N–H and O–H groups in total. The van der Waals surface area contributed by atoms with Gasteiger partial charge >= 0.3 is 6.18 Å². The highest BCUT2D eigenvalue weighted by Crippen LogP contribution is 2.37. The molecule has 0 bridgehead atoms. The Morgan fingerprint density at radius 2 is 1.83 bits per heavy atom. The van der Waals surface area contributed by atoms with Gasteiger partial charge in [0.2, 0.25) is 0 Å². The van der Waals surface area contributed by atoms with Crippen LogP contribution in [0.5, 0.6) is 0 Å². The molecule has 0 spiro atoms. The van der Waals surface area contributed by atoms with Crippen LogP contribution in [0.15, 0.2) is 42.5 Å². The van der Waals surface area contributed by atoms with Crippen molar-refractivity contribution in [3.63, 3.8) is 0 Å². The first kappa shape index (κ1) is 19.6. The molecule has 0 unspecified atom stereocenters. The largest absolute Gasteiger partial charge is 0.416 e. The number of nitrogens with one attached hydrogen (secondary N) is 1. The Labute approximate surface area is 170 Å². The quantitative estimate of drug-likeness (QED) is 0.612. The van der Waals surface area contributed by atoms with Crippen molar-refractivity contribution < 1.29 is 18.0 Å². The number of carbonyl (C=O) groups is 1. The maximum atomic E-state index is 13.0. The van der Waals surface area contributed by atoms with Crippen LogP contribution >= 0.6 is 11.8 Å². The van der Waals surface area contributed by atoms with E-state index in [1.165, 1.54) is 12.1 Å². The molecular formula is C21H18F3N3OS. The fourth-order valence-electron chi connectivity index (χ4n) is 3.42. The van der Waals surface area contributed by atoms with Gasteiger partial charge in [-0.3, -0.25) is 4.79 Å². The molecule has 3 aromatic rings. The van der Waals surface area contributed by atoms with E-state index in [0.717, 1.165) is 46.0 Å². The molecule has 0 fully saturated rings. The van der Waals surface area contributed by atoms with Crippen LogP contribution in [0.3, 0.4) is 0 Å². The molecule has 2 heterocycles. The minimum Gasteiger partial charge on any atom is -0.306 e. The van der Waals surface area contributed by atoms with E-state index >= 15 is 0 Å². The van der Waals surface area contributed by atoms with E-state index in [-0.39, 0.29) is 5.56 Å². The van der Waals surface area contributed by atoms with Crippen molar-refractivity contribution in [1.82, 2.24) is 9.78 Å². The number of benzene rings is 2. The van der Waals surface area contributed by atoms with Gasteiger partial charge in [0.25, 0.3) is 5.91 Å². The highest BCUT2D eigenvalue weighted by Gasteiger charge is 2.31. The number of aromatic nitrogens is 2. The third kappa shape index (κ3) is 3.89. The van der Waals surface area contributed by atoms with Gasteiger partial charge in [-0.15, -0.1) is 0 Å². The number of hydrogen-bond donors (Lipinski definition) is 1. The van der Waals surface area contributed by atoms with Crippen molar-refractivity contribution in [3.05, 3.63) is 76.0 Å². The zero-order valence-electron chi connectivity index (χ0n) is 15.8. The molecule has 0 radical (unpaired) electrons. The first-order valence-corrected chi connectivity index (χ1v) is 10.1. The van der Waals surface area contributed by atoms with E-state index in [0.29, 0.717) is 11.6 Å². The summed E-state index contributed by atoms with van der Waals surface area (Å²) in [5.41, 5.74) is 3.81. The summed E-state index contributed by atoms with van der Waals surface area (Å²) in [5.74, 6) is 1.34. The zero-order valence-corrected chi connectivity index (χ0v) is 16.6. The smallest absolute Gasteiger partial charge is 0.306 e. The average Bonchev–Trinajstić information content (AvgIpc) is 3.23. The molecule has 8 heteroatoms. The van der Waals surface area contributed by atoms with Gasteiger partial charge in [-0.2, -0.15) is 30.0 Å². The van der Waals surface area contributed by atoms with E-state index in [1.807, 2.05) is 32.0 Å². The van der Waals surface area contributed by atoms with Gasteiger partial charge in [0.15, 0.2) is 0 Å². The number of aryl methyl sites for hydroxylation is 2. The lowest BCUT2D eigenvalue weighted by Crippen LogP contribution is -2.17. The van der Waals surface area contributed by atoms with Gasteiger partial charge in [-0.1, -0.05) is 12.1 Å². The molecule has 2 aromatic carbocycles. The summed E-state index contributed by atoms with van der Waals surface area (Å²) in [7, 11) is 0. The molecule has 1 amide bonds. The summed E-state index contributed by atoms with van der Waals surface area (Å²) < 4.78 is 40.7. The summed E-state index contributed by atoms with van der Waals surface area (Å²) >= 11 is 1.69. The van der Waals surface area contributed by atoms with E-state index in [2.05, 4.69) is 10.4 Å². The van der Waals surface area contributed by atoms with Crippen LogP contribution in [0.4, 0.5) is 19.0 Å². The number of halogens is 3. The van der Waals surface area contributed by atoms with Gasteiger partial charge in [0.1, 0.15) is 5.82 Å². The van der Waals surface area contributed by atoms with Crippen LogP contribution < -0.4 is 5.32 Å². The van der Waals surface area contributed by atoms with Crippen LogP contribution in [0.25, 0.3) is 5.69 Å². The predicted octanol–water partition coefficient (Wildman–Crippen LogP) is 5.51. The monoisotopic (exact) mass is 417 g/mol. The van der Waals surface area contributed by atoms with Crippen molar-refractivity contribution in [3.8, 4) is 5.69 Å². The molecule has 29 heavy (non-hydrogen) atoms. The van der Waals surface area contributed by atoms with Gasteiger partial charge in [0, 0.05) is 22.6 Å². The molecule has 0 atom stereocenters. The highest BCUT2D eigenvalue weighted by molar-refractivity contribution is 7.98. The maximum absolute atomic E-state index is 13.0. The number of amides is 1. The lowest BCUT2D eigenvalue weighted by atomic mass is 10.1. The van der Waals surface area contributed by atoms with Crippen LogP contribution in [0.2, 0.25) is 0 Å². The molecule has 0 aliphatic carbocycles. The lowest BCUT2D eigenvalue weighted by molar-refractivity contribution is -0.137. The molecule has 1 aliphatic rings. The maximum Gasteiger partial charge on any atom is 0.416 e. The van der Waals surface area contributed by atoms with Crippen LogP contribution in [-0.2, 0) is 17.7 Å². The van der Waals surface area contributed by atoms with Crippen LogP contribution in [-0.4, -0.2) is 15.7 Å². The Balaban J connectivity index is 1.73. The fourth-order valence-corrected chi connectivity index (χ4v) is 4.45. The van der Waals surface area contributed by atoms with E-state index in [4.69, 9.17) is 0 Å². The third-order valence-corrected chi connectivity index (χ3v) is 5.66. The second kappa shape index (κ2) is 7.26. The number of thioether (sulfide) groups is 1. The average molecular weight is 417 g/mol. The van der Waals surface area contributed by atoms with Crippen LogP contribution in [0, 0.1) is 13.8 Å². The van der Waals surface area contributed by atoms with Gasteiger partial charge in [0.05, 0.1) is 16.9 Å². The van der Waals surface area contributed by atoms with Crippen LogP contribution in [0.1, 0.15) is 38.3 Å². The number of carbonyl (C=O) groups excluding carboxylic acids is 1. The minimum absolute atomic E-state index is 0.0487.